The molecule has 2 heterocycles. The first kappa shape index (κ1) is 15.8. The van der Waals surface area contributed by atoms with Crippen LogP contribution in [0.1, 0.15) is 19.8 Å². The number of piperazine rings is 1. The van der Waals surface area contributed by atoms with Crippen LogP contribution in [0.3, 0.4) is 0 Å². The topological polar surface area (TPSA) is 64.2 Å². The van der Waals surface area contributed by atoms with E-state index in [1.54, 1.807) is 11.9 Å². The third-order valence-electron chi connectivity index (χ3n) is 4.46. The summed E-state index contributed by atoms with van der Waals surface area (Å²) in [7, 11) is 3.78. The molecule has 0 aliphatic carbocycles. The summed E-state index contributed by atoms with van der Waals surface area (Å²) in [4.78, 5) is 42.8. The zero-order chi connectivity index (χ0) is 15.6. The highest BCUT2D eigenvalue weighted by atomic mass is 16.2. The summed E-state index contributed by atoms with van der Waals surface area (Å²) < 4.78 is 0. The second kappa shape index (κ2) is 6.43. The van der Waals surface area contributed by atoms with Crippen LogP contribution < -0.4 is 0 Å². The summed E-state index contributed by atoms with van der Waals surface area (Å²) >= 11 is 0. The first-order chi connectivity index (χ1) is 9.95. The van der Waals surface area contributed by atoms with Gasteiger partial charge in [-0.2, -0.15) is 0 Å². The van der Waals surface area contributed by atoms with E-state index in [1.807, 2.05) is 6.92 Å². The van der Waals surface area contributed by atoms with Crippen LogP contribution in [0.2, 0.25) is 0 Å². The lowest BCUT2D eigenvalue weighted by atomic mass is 10.0. The van der Waals surface area contributed by atoms with Crippen molar-refractivity contribution in [2.45, 2.75) is 25.8 Å². The van der Waals surface area contributed by atoms with E-state index in [0.717, 1.165) is 30.8 Å². The molecule has 0 aromatic carbocycles. The fourth-order valence-electron chi connectivity index (χ4n) is 2.89. The standard InChI is InChI=1S/C14H24N4O3/c1-4-17-9-10-18(13(20)12(17)19)14(21)16(3)11-5-7-15(2)8-6-11/h11H,4-10H2,1-3H3. The van der Waals surface area contributed by atoms with Gasteiger partial charge in [-0.05, 0) is 39.9 Å². The Balaban J connectivity index is 1.99. The van der Waals surface area contributed by atoms with Crippen LogP contribution >= 0.6 is 0 Å². The van der Waals surface area contributed by atoms with Crippen LogP contribution in [-0.2, 0) is 9.59 Å². The van der Waals surface area contributed by atoms with Gasteiger partial charge in [0, 0.05) is 32.7 Å². The average molecular weight is 296 g/mol. The normalized spacial score (nSPS) is 21.9. The number of rotatable bonds is 2. The Morgan fingerprint density at radius 1 is 1.14 bits per heavy atom. The summed E-state index contributed by atoms with van der Waals surface area (Å²) in [5.74, 6) is -1.28. The van der Waals surface area contributed by atoms with Gasteiger partial charge >= 0.3 is 17.8 Å². The number of likely N-dealkylation sites (N-methyl/N-ethyl adjacent to an activating group) is 1. The lowest BCUT2D eigenvalue weighted by Crippen LogP contribution is -2.59. The van der Waals surface area contributed by atoms with E-state index < -0.39 is 11.8 Å². The molecular formula is C14H24N4O3. The molecule has 2 fully saturated rings. The molecule has 4 amide bonds. The zero-order valence-electron chi connectivity index (χ0n) is 13.0. The molecule has 0 saturated carbocycles. The number of hydrogen-bond acceptors (Lipinski definition) is 4. The molecule has 2 aliphatic rings. The zero-order valence-corrected chi connectivity index (χ0v) is 13.0. The van der Waals surface area contributed by atoms with Gasteiger partial charge in [0.2, 0.25) is 0 Å². The molecule has 0 N–H and O–H groups in total. The molecule has 2 rings (SSSR count). The van der Waals surface area contributed by atoms with Crippen LogP contribution in [0.5, 0.6) is 0 Å². The summed E-state index contributed by atoms with van der Waals surface area (Å²) in [6.07, 6.45) is 1.80. The maximum Gasteiger partial charge on any atom is 0.327 e. The summed E-state index contributed by atoms with van der Waals surface area (Å²) in [6, 6.07) is -0.209. The Morgan fingerprint density at radius 2 is 1.76 bits per heavy atom. The Labute approximate surface area is 125 Å². The fraction of sp³-hybridized carbons (Fsp3) is 0.786. The predicted molar refractivity (Wildman–Crippen MR) is 77.6 cm³/mol. The van der Waals surface area contributed by atoms with E-state index in [1.165, 1.54) is 4.90 Å². The van der Waals surface area contributed by atoms with Crippen molar-refractivity contribution in [2.75, 3.05) is 46.8 Å². The van der Waals surface area contributed by atoms with Gasteiger partial charge in [-0.3, -0.25) is 14.5 Å². The van der Waals surface area contributed by atoms with E-state index >= 15 is 0 Å². The summed E-state index contributed by atoms with van der Waals surface area (Å²) in [5.41, 5.74) is 0. The second-order valence-electron chi connectivity index (χ2n) is 5.77. The van der Waals surface area contributed by atoms with E-state index in [9.17, 15) is 14.4 Å². The number of hydrogen-bond donors (Lipinski definition) is 0. The SMILES string of the molecule is CCN1CCN(C(=O)N(C)C2CCN(C)CC2)C(=O)C1=O. The molecule has 2 aliphatic heterocycles. The smallest absolute Gasteiger partial charge is 0.327 e. The third-order valence-corrected chi connectivity index (χ3v) is 4.46. The first-order valence-electron chi connectivity index (χ1n) is 7.51. The van der Waals surface area contributed by atoms with Gasteiger partial charge in [0.1, 0.15) is 0 Å². The van der Waals surface area contributed by atoms with Crippen LogP contribution in [0.25, 0.3) is 0 Å². The van der Waals surface area contributed by atoms with Crippen molar-refractivity contribution in [3.8, 4) is 0 Å². The van der Waals surface area contributed by atoms with Crippen molar-refractivity contribution < 1.29 is 14.4 Å². The summed E-state index contributed by atoms with van der Waals surface area (Å²) in [6.45, 7) is 4.92. The monoisotopic (exact) mass is 296 g/mol. The van der Waals surface area contributed by atoms with Crippen molar-refractivity contribution >= 4 is 17.8 Å². The molecule has 0 aromatic heterocycles. The number of urea groups is 1. The number of piperidine rings is 1. The molecule has 0 spiro atoms. The molecule has 0 unspecified atom stereocenters. The molecule has 0 aromatic rings. The highest BCUT2D eigenvalue weighted by Crippen LogP contribution is 2.17. The number of nitrogens with zero attached hydrogens (tertiary/aromatic N) is 4. The number of carbonyl (C=O) groups excluding carboxylic acids is 3. The molecule has 0 bridgehead atoms. The maximum atomic E-state index is 12.5. The Bertz CT molecular complexity index is 432. The Morgan fingerprint density at radius 3 is 2.33 bits per heavy atom. The molecule has 21 heavy (non-hydrogen) atoms. The van der Waals surface area contributed by atoms with Crippen LogP contribution in [0, 0.1) is 0 Å². The average Bonchev–Trinajstić information content (AvgIpc) is 2.49. The molecule has 0 atom stereocenters. The first-order valence-corrected chi connectivity index (χ1v) is 7.51. The van der Waals surface area contributed by atoms with E-state index in [-0.39, 0.29) is 18.6 Å². The van der Waals surface area contributed by atoms with Crippen LogP contribution in [0.15, 0.2) is 0 Å². The largest absolute Gasteiger partial charge is 0.333 e. The van der Waals surface area contributed by atoms with Crippen molar-refractivity contribution in [3.05, 3.63) is 0 Å². The molecule has 7 nitrogen and oxygen atoms in total. The highest BCUT2D eigenvalue weighted by Gasteiger charge is 2.38. The lowest BCUT2D eigenvalue weighted by Gasteiger charge is -2.39. The van der Waals surface area contributed by atoms with Gasteiger partial charge in [0.15, 0.2) is 0 Å². The second-order valence-corrected chi connectivity index (χ2v) is 5.77. The van der Waals surface area contributed by atoms with E-state index in [2.05, 4.69) is 11.9 Å². The molecule has 2 saturated heterocycles. The van der Waals surface area contributed by atoms with Crippen LogP contribution in [0.4, 0.5) is 4.79 Å². The number of imide groups is 1. The van der Waals surface area contributed by atoms with Gasteiger partial charge in [-0.1, -0.05) is 0 Å². The molecule has 0 radical (unpaired) electrons. The van der Waals surface area contributed by atoms with Gasteiger partial charge in [0.25, 0.3) is 0 Å². The van der Waals surface area contributed by atoms with Gasteiger partial charge < -0.3 is 14.7 Å². The highest BCUT2D eigenvalue weighted by molar-refractivity contribution is 6.38. The minimum Gasteiger partial charge on any atom is -0.333 e. The van der Waals surface area contributed by atoms with E-state index in [0.29, 0.717) is 13.1 Å². The molecular weight excluding hydrogens is 272 g/mol. The summed E-state index contributed by atoms with van der Waals surface area (Å²) in [5, 5.41) is 0. The van der Waals surface area contributed by atoms with Crippen LogP contribution in [-0.4, -0.2) is 90.3 Å². The number of carbonyl (C=O) groups is 3. The van der Waals surface area contributed by atoms with Gasteiger partial charge in [-0.15, -0.1) is 0 Å². The molecule has 118 valence electrons. The van der Waals surface area contributed by atoms with Crippen molar-refractivity contribution in [1.29, 1.82) is 0 Å². The minimum atomic E-state index is -0.701. The Hall–Kier alpha value is -1.63. The fourth-order valence-corrected chi connectivity index (χ4v) is 2.89. The van der Waals surface area contributed by atoms with E-state index in [4.69, 9.17) is 0 Å². The molecule has 7 heteroatoms. The maximum absolute atomic E-state index is 12.5. The number of amides is 4. The van der Waals surface area contributed by atoms with Gasteiger partial charge in [0.05, 0.1) is 0 Å². The lowest BCUT2D eigenvalue weighted by molar-refractivity contribution is -0.154. The van der Waals surface area contributed by atoms with Gasteiger partial charge in [-0.25, -0.2) is 4.79 Å². The van der Waals surface area contributed by atoms with Crippen molar-refractivity contribution in [2.24, 2.45) is 0 Å². The Kier molecular flexibility index (Phi) is 4.82. The van der Waals surface area contributed by atoms with Crippen molar-refractivity contribution in [3.63, 3.8) is 0 Å². The number of likely N-dealkylation sites (tertiary alicyclic amines) is 1. The minimum absolute atomic E-state index is 0.140. The van der Waals surface area contributed by atoms with Crippen molar-refractivity contribution in [1.82, 2.24) is 19.6 Å². The quantitative estimate of drug-likeness (QED) is 0.663. The third kappa shape index (κ3) is 3.18. The predicted octanol–water partition coefficient (Wildman–Crippen LogP) is -0.177.